The van der Waals surface area contributed by atoms with Gasteiger partial charge >= 0.3 is 0 Å². The van der Waals surface area contributed by atoms with E-state index in [0.29, 0.717) is 10.2 Å². The van der Waals surface area contributed by atoms with E-state index in [-0.39, 0.29) is 11.9 Å². The number of anilines is 1. The van der Waals surface area contributed by atoms with Gasteiger partial charge in [-0.05, 0) is 54.4 Å². The molecule has 0 aliphatic rings. The number of hydrogen-bond donors (Lipinski definition) is 2. The van der Waals surface area contributed by atoms with Gasteiger partial charge in [-0.15, -0.1) is 0 Å². The van der Waals surface area contributed by atoms with Crippen LogP contribution in [0.4, 0.5) is 10.1 Å². The lowest BCUT2D eigenvalue weighted by atomic mass is 10.1. The second-order valence-corrected chi connectivity index (χ2v) is 4.61. The Morgan fingerprint density at radius 1 is 1.40 bits per heavy atom. The first-order chi connectivity index (χ1) is 6.91. The second-order valence-electron chi connectivity index (χ2n) is 3.75. The molecule has 1 aromatic rings. The van der Waals surface area contributed by atoms with Crippen LogP contribution in [0, 0.1) is 12.7 Å². The molecular formula is C11H15BrFNO. The van der Waals surface area contributed by atoms with Gasteiger partial charge in [0.05, 0.1) is 10.6 Å². The highest BCUT2D eigenvalue weighted by molar-refractivity contribution is 9.10. The monoisotopic (exact) mass is 275 g/mol. The number of nitrogens with one attached hydrogen (secondary N) is 1. The van der Waals surface area contributed by atoms with Gasteiger partial charge in [-0.25, -0.2) is 4.39 Å². The predicted octanol–water partition coefficient (Wildman–Crippen LogP) is 3.08. The maximum absolute atomic E-state index is 13.3. The Morgan fingerprint density at radius 2 is 2.00 bits per heavy atom. The number of benzene rings is 1. The van der Waals surface area contributed by atoms with Crippen LogP contribution in [0.5, 0.6) is 0 Å². The molecule has 0 aliphatic heterocycles. The third kappa shape index (κ3) is 3.18. The van der Waals surface area contributed by atoms with E-state index in [2.05, 4.69) is 21.2 Å². The summed E-state index contributed by atoms with van der Waals surface area (Å²) >= 11 is 3.12. The van der Waals surface area contributed by atoms with Crippen molar-refractivity contribution in [3.8, 4) is 0 Å². The van der Waals surface area contributed by atoms with Crippen molar-refractivity contribution in [1.82, 2.24) is 0 Å². The van der Waals surface area contributed by atoms with Crippen LogP contribution in [-0.4, -0.2) is 17.3 Å². The molecule has 0 aromatic heterocycles. The van der Waals surface area contributed by atoms with E-state index in [9.17, 15) is 9.50 Å². The van der Waals surface area contributed by atoms with Gasteiger partial charge in [-0.2, -0.15) is 0 Å². The minimum Gasteiger partial charge on any atom is -0.391 e. The largest absolute Gasteiger partial charge is 0.391 e. The molecule has 0 saturated carbocycles. The molecule has 15 heavy (non-hydrogen) atoms. The summed E-state index contributed by atoms with van der Waals surface area (Å²) < 4.78 is 13.7. The van der Waals surface area contributed by atoms with Crippen LogP contribution < -0.4 is 5.32 Å². The fourth-order valence-corrected chi connectivity index (χ4v) is 1.63. The van der Waals surface area contributed by atoms with Crippen molar-refractivity contribution in [3.63, 3.8) is 0 Å². The zero-order valence-corrected chi connectivity index (χ0v) is 10.6. The van der Waals surface area contributed by atoms with Gasteiger partial charge in [0.1, 0.15) is 5.82 Å². The first-order valence-corrected chi connectivity index (χ1v) is 5.61. The summed E-state index contributed by atoms with van der Waals surface area (Å²) in [4.78, 5) is 0. The zero-order valence-electron chi connectivity index (χ0n) is 9.01. The fourth-order valence-electron chi connectivity index (χ4n) is 1.17. The van der Waals surface area contributed by atoms with E-state index < -0.39 is 6.10 Å². The smallest absolute Gasteiger partial charge is 0.139 e. The Bertz CT molecular complexity index is 355. The van der Waals surface area contributed by atoms with Crippen LogP contribution in [0.25, 0.3) is 0 Å². The van der Waals surface area contributed by atoms with Crippen LogP contribution >= 0.6 is 15.9 Å². The molecule has 4 heteroatoms. The summed E-state index contributed by atoms with van der Waals surface area (Å²) in [5.41, 5.74) is 1.65. The van der Waals surface area contributed by atoms with Crippen molar-refractivity contribution >= 4 is 21.6 Å². The number of aryl methyl sites for hydroxylation is 1. The number of hydrogen-bond acceptors (Lipinski definition) is 2. The number of aliphatic hydroxyl groups is 1. The summed E-state index contributed by atoms with van der Waals surface area (Å²) in [6.45, 7) is 5.44. The van der Waals surface area contributed by atoms with Crippen molar-refractivity contribution < 1.29 is 9.50 Å². The lowest BCUT2D eigenvalue weighted by molar-refractivity contribution is 0.178. The van der Waals surface area contributed by atoms with Crippen molar-refractivity contribution in [2.24, 2.45) is 0 Å². The van der Waals surface area contributed by atoms with E-state index in [1.165, 1.54) is 6.07 Å². The summed E-state index contributed by atoms with van der Waals surface area (Å²) in [5, 5.41) is 12.4. The molecule has 2 N–H and O–H groups in total. The van der Waals surface area contributed by atoms with E-state index in [4.69, 9.17) is 0 Å². The normalized spacial score (nSPS) is 14.8. The highest BCUT2D eigenvalue weighted by atomic mass is 79.9. The number of halogens is 2. The molecule has 0 fully saturated rings. The van der Waals surface area contributed by atoms with E-state index in [0.717, 1.165) is 5.56 Å². The molecule has 0 aliphatic carbocycles. The van der Waals surface area contributed by atoms with Gasteiger partial charge in [-0.1, -0.05) is 0 Å². The Kier molecular flexibility index (Phi) is 4.11. The highest BCUT2D eigenvalue weighted by Crippen LogP contribution is 2.24. The van der Waals surface area contributed by atoms with Crippen LogP contribution in [0.1, 0.15) is 19.4 Å². The van der Waals surface area contributed by atoms with E-state index >= 15 is 0 Å². The molecule has 84 valence electrons. The minimum atomic E-state index is -0.476. The molecule has 0 saturated heterocycles. The van der Waals surface area contributed by atoms with Crippen LogP contribution in [0.2, 0.25) is 0 Å². The molecule has 0 bridgehead atoms. The van der Waals surface area contributed by atoms with Gasteiger partial charge < -0.3 is 10.4 Å². The van der Waals surface area contributed by atoms with Gasteiger partial charge in [0.2, 0.25) is 0 Å². The highest BCUT2D eigenvalue weighted by Gasteiger charge is 2.11. The Morgan fingerprint density at radius 3 is 2.53 bits per heavy atom. The first kappa shape index (κ1) is 12.5. The first-order valence-electron chi connectivity index (χ1n) is 4.82. The van der Waals surface area contributed by atoms with Crippen LogP contribution in [-0.2, 0) is 0 Å². The van der Waals surface area contributed by atoms with Crippen LogP contribution in [0.15, 0.2) is 16.6 Å². The third-order valence-corrected chi connectivity index (χ3v) is 2.98. The van der Waals surface area contributed by atoms with E-state index in [1.54, 1.807) is 13.0 Å². The number of aliphatic hydroxyl groups excluding tert-OH is 1. The standard InChI is InChI=1S/C11H15BrFNO/c1-6-4-9(12)10(13)5-11(6)14-7(2)8(3)15/h4-5,7-8,14-15H,1-3H3. The molecule has 1 aromatic carbocycles. The Labute approximate surface area is 97.6 Å². The molecule has 2 unspecified atom stereocenters. The quantitative estimate of drug-likeness (QED) is 0.889. The lowest BCUT2D eigenvalue weighted by Gasteiger charge is -2.19. The molecule has 0 radical (unpaired) electrons. The minimum absolute atomic E-state index is 0.107. The van der Waals surface area contributed by atoms with Gasteiger partial charge in [0, 0.05) is 11.7 Å². The third-order valence-electron chi connectivity index (χ3n) is 2.37. The molecule has 0 heterocycles. The van der Waals surface area contributed by atoms with Gasteiger partial charge in [-0.3, -0.25) is 0 Å². The molecule has 2 atom stereocenters. The summed E-state index contributed by atoms with van der Waals surface area (Å²) in [5.74, 6) is -0.305. The summed E-state index contributed by atoms with van der Waals surface area (Å²) in [6.07, 6.45) is -0.476. The lowest BCUT2D eigenvalue weighted by Crippen LogP contribution is -2.28. The van der Waals surface area contributed by atoms with Crippen molar-refractivity contribution in [2.45, 2.75) is 32.9 Å². The number of rotatable bonds is 3. The fraction of sp³-hybridized carbons (Fsp3) is 0.455. The zero-order chi connectivity index (χ0) is 11.6. The predicted molar refractivity (Wildman–Crippen MR) is 63.6 cm³/mol. The molecule has 2 nitrogen and oxygen atoms in total. The van der Waals surface area contributed by atoms with Crippen LogP contribution in [0.3, 0.4) is 0 Å². The summed E-state index contributed by atoms with van der Waals surface area (Å²) in [7, 11) is 0. The maximum atomic E-state index is 13.3. The Hall–Kier alpha value is -0.610. The molecular weight excluding hydrogens is 261 g/mol. The molecule has 0 amide bonds. The van der Waals surface area contributed by atoms with Crippen molar-refractivity contribution in [2.75, 3.05) is 5.32 Å². The second kappa shape index (κ2) is 4.94. The maximum Gasteiger partial charge on any atom is 0.139 e. The Balaban J connectivity index is 2.91. The van der Waals surface area contributed by atoms with Crippen molar-refractivity contribution in [3.05, 3.63) is 28.0 Å². The van der Waals surface area contributed by atoms with Gasteiger partial charge in [0.25, 0.3) is 0 Å². The SMILES string of the molecule is Cc1cc(Br)c(F)cc1NC(C)C(C)O. The van der Waals surface area contributed by atoms with Gasteiger partial charge in [0.15, 0.2) is 0 Å². The summed E-state index contributed by atoms with van der Waals surface area (Å²) in [6, 6.07) is 3.04. The topological polar surface area (TPSA) is 32.3 Å². The average molecular weight is 276 g/mol. The van der Waals surface area contributed by atoms with E-state index in [1.807, 2.05) is 13.8 Å². The molecule has 0 spiro atoms. The molecule has 1 rings (SSSR count). The average Bonchev–Trinajstić information content (AvgIpc) is 2.13. The van der Waals surface area contributed by atoms with Crippen molar-refractivity contribution in [1.29, 1.82) is 0 Å².